The third-order valence-corrected chi connectivity index (χ3v) is 4.59. The van der Waals surface area contributed by atoms with E-state index < -0.39 is 6.10 Å². The maximum absolute atomic E-state index is 12.9. The molecule has 0 fully saturated rings. The van der Waals surface area contributed by atoms with Gasteiger partial charge in [-0.05, 0) is 18.2 Å². The van der Waals surface area contributed by atoms with Gasteiger partial charge in [-0.3, -0.25) is 14.3 Å². The van der Waals surface area contributed by atoms with Gasteiger partial charge in [0.15, 0.2) is 0 Å². The van der Waals surface area contributed by atoms with Crippen LogP contribution in [0.15, 0.2) is 24.4 Å². The second-order valence-corrected chi connectivity index (χ2v) is 6.67. The zero-order chi connectivity index (χ0) is 19.6. The summed E-state index contributed by atoms with van der Waals surface area (Å²) in [6.07, 6.45) is 0.653. The summed E-state index contributed by atoms with van der Waals surface area (Å²) in [6.45, 7) is 1.43. The van der Waals surface area contributed by atoms with Gasteiger partial charge in [0.2, 0.25) is 5.91 Å². The van der Waals surface area contributed by atoms with Crippen molar-refractivity contribution >= 4 is 17.6 Å². The molecule has 27 heavy (non-hydrogen) atoms. The maximum Gasteiger partial charge on any atom is 0.258 e. The molecule has 0 spiro atoms. The summed E-state index contributed by atoms with van der Waals surface area (Å²) < 4.78 is 1.78. The average molecular weight is 372 g/mol. The van der Waals surface area contributed by atoms with E-state index >= 15 is 0 Å². The van der Waals surface area contributed by atoms with Gasteiger partial charge in [0.25, 0.3) is 5.91 Å². The lowest BCUT2D eigenvalue weighted by Gasteiger charge is -2.28. The molecule has 0 bridgehead atoms. The second-order valence-electron chi connectivity index (χ2n) is 6.67. The first-order valence-corrected chi connectivity index (χ1v) is 8.77. The van der Waals surface area contributed by atoms with E-state index in [1.807, 2.05) is 0 Å². The summed E-state index contributed by atoms with van der Waals surface area (Å²) in [7, 11) is 5.02. The summed E-state index contributed by atoms with van der Waals surface area (Å²) in [5.74, 6) is 0.270. The predicted molar refractivity (Wildman–Crippen MR) is 99.0 cm³/mol. The normalized spacial score (nSPS) is 14.4. The lowest BCUT2D eigenvalue weighted by atomic mass is 10.1. The molecule has 2 amide bonds. The van der Waals surface area contributed by atoms with Crippen LogP contribution in [-0.2, 0) is 17.9 Å². The Kier molecular flexibility index (Phi) is 5.41. The van der Waals surface area contributed by atoms with Crippen LogP contribution in [0, 0.1) is 0 Å². The number of rotatable bonds is 5. The molecular weight excluding hydrogens is 348 g/mol. The van der Waals surface area contributed by atoms with Crippen molar-refractivity contribution in [2.75, 3.05) is 33.0 Å². The minimum Gasteiger partial charge on any atom is -0.386 e. The van der Waals surface area contributed by atoms with Crippen LogP contribution in [-0.4, -0.2) is 69.2 Å². The van der Waals surface area contributed by atoms with E-state index in [9.17, 15) is 14.7 Å². The van der Waals surface area contributed by atoms with Gasteiger partial charge in [0.05, 0.1) is 36.5 Å². The highest BCUT2D eigenvalue weighted by molar-refractivity contribution is 5.98. The number of aliphatic hydroxyl groups is 1. The highest BCUT2D eigenvalue weighted by Gasteiger charge is 2.26. The maximum atomic E-state index is 12.9. The number of hydrogen-bond donors (Lipinski definition) is 2. The third kappa shape index (κ3) is 3.92. The van der Waals surface area contributed by atoms with Crippen LogP contribution in [0.25, 0.3) is 0 Å². The molecule has 9 heteroatoms. The molecule has 0 aromatic carbocycles. The number of carbonyl (C=O) groups excluding carboxylic acids is 2. The molecule has 2 N–H and O–H groups in total. The smallest absolute Gasteiger partial charge is 0.258 e. The summed E-state index contributed by atoms with van der Waals surface area (Å²) in [5, 5.41) is 17.6. The molecule has 144 valence electrons. The van der Waals surface area contributed by atoms with Gasteiger partial charge in [-0.25, -0.2) is 4.98 Å². The Balaban J connectivity index is 1.74. The van der Waals surface area contributed by atoms with Crippen molar-refractivity contribution in [1.82, 2.24) is 24.6 Å². The van der Waals surface area contributed by atoms with E-state index in [4.69, 9.17) is 0 Å². The summed E-state index contributed by atoms with van der Waals surface area (Å²) in [4.78, 5) is 32.0. The zero-order valence-electron chi connectivity index (χ0n) is 15.7. The van der Waals surface area contributed by atoms with Gasteiger partial charge < -0.3 is 20.2 Å². The predicted octanol–water partition coefficient (Wildman–Crippen LogP) is 0.488. The lowest BCUT2D eigenvalue weighted by Crippen LogP contribution is -2.38. The van der Waals surface area contributed by atoms with Gasteiger partial charge in [-0.1, -0.05) is 0 Å². The number of fused-ring (bicyclic) bond motifs is 1. The van der Waals surface area contributed by atoms with Crippen molar-refractivity contribution in [3.63, 3.8) is 0 Å². The average Bonchev–Trinajstić information content (AvgIpc) is 3.10. The van der Waals surface area contributed by atoms with Crippen LogP contribution in [0.2, 0.25) is 0 Å². The number of aromatic nitrogens is 3. The molecule has 0 aliphatic carbocycles. The Hall–Kier alpha value is -2.94. The first-order chi connectivity index (χ1) is 12.9. The lowest BCUT2D eigenvalue weighted by molar-refractivity contribution is -0.130. The molecule has 0 unspecified atom stereocenters. The van der Waals surface area contributed by atoms with Gasteiger partial charge in [-0.15, -0.1) is 0 Å². The Morgan fingerprint density at radius 2 is 2.15 bits per heavy atom. The van der Waals surface area contributed by atoms with Crippen LogP contribution in [0.3, 0.4) is 0 Å². The first kappa shape index (κ1) is 18.8. The number of amides is 2. The quantitative estimate of drug-likeness (QED) is 0.792. The summed E-state index contributed by atoms with van der Waals surface area (Å²) >= 11 is 0. The Morgan fingerprint density at radius 1 is 1.37 bits per heavy atom. The minimum atomic E-state index is -0.962. The van der Waals surface area contributed by atoms with Crippen LogP contribution in [0.5, 0.6) is 0 Å². The molecule has 1 aliphatic heterocycles. The van der Waals surface area contributed by atoms with Gasteiger partial charge >= 0.3 is 0 Å². The number of anilines is 1. The molecule has 2 aromatic rings. The van der Waals surface area contributed by atoms with Crippen molar-refractivity contribution in [1.29, 1.82) is 0 Å². The van der Waals surface area contributed by atoms with E-state index in [1.165, 1.54) is 4.90 Å². The monoisotopic (exact) mass is 372 g/mol. The second kappa shape index (κ2) is 7.75. The minimum absolute atomic E-state index is 0.0205. The zero-order valence-corrected chi connectivity index (χ0v) is 15.7. The van der Waals surface area contributed by atoms with E-state index in [0.29, 0.717) is 36.7 Å². The Bertz CT molecular complexity index is 847. The fraction of sp³-hybridized carbons (Fsp3) is 0.444. The van der Waals surface area contributed by atoms with Crippen molar-refractivity contribution in [3.8, 4) is 0 Å². The van der Waals surface area contributed by atoms with Crippen LogP contribution in [0.4, 0.5) is 5.82 Å². The van der Waals surface area contributed by atoms with Gasteiger partial charge in [0.1, 0.15) is 11.9 Å². The van der Waals surface area contributed by atoms with E-state index in [0.717, 1.165) is 5.69 Å². The molecule has 1 atom stereocenters. The topological polar surface area (TPSA) is 104 Å². The third-order valence-electron chi connectivity index (χ3n) is 4.59. The molecule has 0 radical (unpaired) electrons. The van der Waals surface area contributed by atoms with Crippen molar-refractivity contribution in [2.45, 2.75) is 25.6 Å². The van der Waals surface area contributed by atoms with E-state index in [-0.39, 0.29) is 18.2 Å². The highest BCUT2D eigenvalue weighted by Crippen LogP contribution is 2.23. The number of nitrogens with one attached hydrogen (secondary N) is 1. The Labute approximate surface area is 157 Å². The first-order valence-electron chi connectivity index (χ1n) is 8.77. The SMILES string of the molecule is CNc1ncccc1C(=O)N1CCn2nc([C@@H](O)CC(=O)N(C)C)cc2C1. The van der Waals surface area contributed by atoms with Crippen LogP contribution < -0.4 is 5.32 Å². The Morgan fingerprint density at radius 3 is 2.85 bits per heavy atom. The summed E-state index contributed by atoms with van der Waals surface area (Å²) in [6, 6.07) is 5.24. The largest absolute Gasteiger partial charge is 0.386 e. The van der Waals surface area contributed by atoms with Gasteiger partial charge in [0, 0.05) is 33.9 Å². The highest BCUT2D eigenvalue weighted by atomic mass is 16.3. The molecule has 9 nitrogen and oxygen atoms in total. The van der Waals surface area contributed by atoms with Gasteiger partial charge in [-0.2, -0.15) is 5.10 Å². The standard InChI is InChI=1S/C18H24N6O3/c1-19-17-13(5-4-6-20-17)18(27)23-7-8-24-12(11-23)9-14(21-24)15(25)10-16(26)22(2)3/h4-6,9,15,25H,7-8,10-11H2,1-3H3,(H,19,20)/t15-/m0/s1. The van der Waals surface area contributed by atoms with Crippen molar-refractivity contribution in [3.05, 3.63) is 41.3 Å². The van der Waals surface area contributed by atoms with E-state index in [1.54, 1.807) is 55.1 Å². The number of pyridine rings is 1. The number of aliphatic hydroxyl groups excluding tert-OH is 1. The molecular formula is C18H24N6O3. The fourth-order valence-corrected chi connectivity index (χ4v) is 3.02. The van der Waals surface area contributed by atoms with Crippen LogP contribution >= 0.6 is 0 Å². The molecule has 0 saturated carbocycles. The summed E-state index contributed by atoms with van der Waals surface area (Å²) in [5.41, 5.74) is 1.80. The molecule has 0 saturated heterocycles. The van der Waals surface area contributed by atoms with Crippen molar-refractivity contribution in [2.24, 2.45) is 0 Å². The number of carbonyl (C=O) groups is 2. The van der Waals surface area contributed by atoms with Crippen molar-refractivity contribution < 1.29 is 14.7 Å². The number of hydrogen-bond acceptors (Lipinski definition) is 6. The molecule has 1 aliphatic rings. The molecule has 3 rings (SSSR count). The molecule has 2 aromatic heterocycles. The van der Waals surface area contributed by atoms with Crippen LogP contribution in [0.1, 0.15) is 34.3 Å². The fourth-order valence-electron chi connectivity index (χ4n) is 3.02. The van der Waals surface area contributed by atoms with E-state index in [2.05, 4.69) is 15.4 Å². The molecule has 3 heterocycles. The number of nitrogens with zero attached hydrogens (tertiary/aromatic N) is 5.